The summed E-state index contributed by atoms with van der Waals surface area (Å²) in [5.41, 5.74) is 3.26. The molecule has 18 heavy (non-hydrogen) atoms. The summed E-state index contributed by atoms with van der Waals surface area (Å²) >= 11 is 3.43. The summed E-state index contributed by atoms with van der Waals surface area (Å²) in [7, 11) is 0. The van der Waals surface area contributed by atoms with Crippen molar-refractivity contribution in [1.82, 2.24) is 15.3 Å². The van der Waals surface area contributed by atoms with Gasteiger partial charge in [-0.05, 0) is 35.0 Å². The highest BCUT2D eigenvalue weighted by atomic mass is 79.9. The Morgan fingerprint density at radius 3 is 2.94 bits per heavy atom. The van der Waals surface area contributed by atoms with Crippen LogP contribution in [0, 0.1) is 6.92 Å². The van der Waals surface area contributed by atoms with E-state index in [1.165, 1.54) is 0 Å². The van der Waals surface area contributed by atoms with Gasteiger partial charge in [0.15, 0.2) is 0 Å². The second-order valence-corrected chi connectivity index (χ2v) is 4.70. The molecule has 2 N–H and O–H groups in total. The van der Waals surface area contributed by atoms with Gasteiger partial charge < -0.3 is 10.4 Å². The van der Waals surface area contributed by atoms with E-state index in [1.807, 2.05) is 25.1 Å². The summed E-state index contributed by atoms with van der Waals surface area (Å²) in [4.78, 5) is 19.4. The quantitative estimate of drug-likeness (QED) is 0.913. The maximum Gasteiger partial charge on any atom is 0.404 e. The average Bonchev–Trinajstić information content (AvgIpc) is 2.30. The van der Waals surface area contributed by atoms with Crippen LogP contribution in [0.2, 0.25) is 0 Å². The fourth-order valence-electron chi connectivity index (χ4n) is 1.69. The maximum atomic E-state index is 10.4. The number of aryl methyl sites for hydroxylation is 1. The van der Waals surface area contributed by atoms with Gasteiger partial charge in [-0.2, -0.15) is 0 Å². The molecule has 0 aliphatic heterocycles. The summed E-state index contributed by atoms with van der Waals surface area (Å²) in [6, 6.07) is 5.72. The van der Waals surface area contributed by atoms with Crippen LogP contribution < -0.4 is 5.32 Å². The van der Waals surface area contributed by atoms with E-state index < -0.39 is 6.09 Å². The number of aromatic nitrogens is 2. The van der Waals surface area contributed by atoms with Gasteiger partial charge in [-0.3, -0.25) is 0 Å². The van der Waals surface area contributed by atoms with E-state index in [4.69, 9.17) is 5.11 Å². The van der Waals surface area contributed by atoms with Crippen molar-refractivity contribution >= 4 is 33.1 Å². The van der Waals surface area contributed by atoms with E-state index in [2.05, 4.69) is 31.2 Å². The number of nitrogens with one attached hydrogen (secondary N) is 1. The SMILES string of the molecule is Cc1nc2cccc(Br)c2nc1CCNC(=O)O. The predicted molar refractivity (Wildman–Crippen MR) is 71.7 cm³/mol. The first-order valence-corrected chi connectivity index (χ1v) is 6.26. The second-order valence-electron chi connectivity index (χ2n) is 3.85. The third kappa shape index (κ3) is 2.76. The van der Waals surface area contributed by atoms with Gasteiger partial charge in [0.25, 0.3) is 0 Å². The number of carbonyl (C=O) groups is 1. The van der Waals surface area contributed by atoms with Crippen LogP contribution >= 0.6 is 15.9 Å². The highest BCUT2D eigenvalue weighted by molar-refractivity contribution is 9.10. The highest BCUT2D eigenvalue weighted by Gasteiger charge is 2.07. The number of amides is 1. The second kappa shape index (κ2) is 5.30. The van der Waals surface area contributed by atoms with Crippen LogP contribution in [0.4, 0.5) is 4.79 Å². The molecule has 5 nitrogen and oxygen atoms in total. The minimum atomic E-state index is -1.03. The largest absolute Gasteiger partial charge is 0.465 e. The molecule has 94 valence electrons. The number of para-hydroxylation sites is 1. The summed E-state index contributed by atoms with van der Waals surface area (Å²) in [6.45, 7) is 2.21. The number of halogens is 1. The molecule has 0 saturated carbocycles. The predicted octanol–water partition coefficient (Wildman–Crippen LogP) is 2.51. The maximum absolute atomic E-state index is 10.4. The summed E-state index contributed by atoms with van der Waals surface area (Å²) < 4.78 is 0.889. The van der Waals surface area contributed by atoms with E-state index in [9.17, 15) is 4.79 Å². The third-order valence-corrected chi connectivity index (χ3v) is 3.20. The first-order chi connectivity index (χ1) is 8.58. The summed E-state index contributed by atoms with van der Waals surface area (Å²) in [5.74, 6) is 0. The highest BCUT2D eigenvalue weighted by Crippen LogP contribution is 2.21. The zero-order valence-electron chi connectivity index (χ0n) is 9.77. The van der Waals surface area contributed by atoms with Crippen molar-refractivity contribution in [3.8, 4) is 0 Å². The molecular weight excluding hydrogens is 298 g/mol. The normalized spacial score (nSPS) is 10.6. The first kappa shape index (κ1) is 12.8. The number of benzene rings is 1. The van der Waals surface area contributed by atoms with Crippen molar-refractivity contribution in [3.63, 3.8) is 0 Å². The Morgan fingerprint density at radius 2 is 2.22 bits per heavy atom. The first-order valence-electron chi connectivity index (χ1n) is 5.46. The lowest BCUT2D eigenvalue weighted by Crippen LogP contribution is -2.24. The van der Waals surface area contributed by atoms with Crippen LogP contribution in [0.25, 0.3) is 11.0 Å². The number of hydrogen-bond acceptors (Lipinski definition) is 3. The van der Waals surface area contributed by atoms with Crippen molar-refractivity contribution in [2.75, 3.05) is 6.54 Å². The van der Waals surface area contributed by atoms with E-state index in [1.54, 1.807) is 0 Å². The van der Waals surface area contributed by atoms with E-state index in [0.717, 1.165) is 26.9 Å². The molecule has 1 heterocycles. The number of hydrogen-bond donors (Lipinski definition) is 2. The average molecular weight is 310 g/mol. The van der Waals surface area contributed by atoms with E-state index >= 15 is 0 Å². The molecule has 1 aromatic carbocycles. The van der Waals surface area contributed by atoms with Crippen LogP contribution in [0.5, 0.6) is 0 Å². The molecule has 1 amide bonds. The summed E-state index contributed by atoms with van der Waals surface area (Å²) in [6.07, 6.45) is -0.495. The van der Waals surface area contributed by atoms with Crippen molar-refractivity contribution < 1.29 is 9.90 Å². The molecule has 0 aliphatic rings. The molecule has 1 aromatic heterocycles. The molecule has 0 unspecified atom stereocenters. The standard InChI is InChI=1S/C12H12BrN3O2/c1-7-9(5-6-14-12(17)18)16-11-8(13)3-2-4-10(11)15-7/h2-4,14H,5-6H2,1H3,(H,17,18). The van der Waals surface area contributed by atoms with Crippen LogP contribution in [0.3, 0.4) is 0 Å². The van der Waals surface area contributed by atoms with Gasteiger partial charge in [-0.15, -0.1) is 0 Å². The summed E-state index contributed by atoms with van der Waals surface area (Å²) in [5, 5.41) is 10.8. The van der Waals surface area contributed by atoms with Crippen LogP contribution in [-0.2, 0) is 6.42 Å². The number of carboxylic acid groups (broad SMARTS) is 1. The van der Waals surface area contributed by atoms with E-state index in [0.29, 0.717) is 13.0 Å². The van der Waals surface area contributed by atoms with Crippen LogP contribution in [-0.4, -0.2) is 27.7 Å². The topological polar surface area (TPSA) is 75.1 Å². The van der Waals surface area contributed by atoms with Crippen molar-refractivity contribution in [2.24, 2.45) is 0 Å². The molecular formula is C12H12BrN3O2. The van der Waals surface area contributed by atoms with Gasteiger partial charge >= 0.3 is 6.09 Å². The van der Waals surface area contributed by atoms with Gasteiger partial charge in [0.05, 0.1) is 16.9 Å². The lowest BCUT2D eigenvalue weighted by atomic mass is 10.2. The van der Waals surface area contributed by atoms with Gasteiger partial charge in [0.2, 0.25) is 0 Å². The molecule has 0 aliphatic carbocycles. The van der Waals surface area contributed by atoms with Crippen LogP contribution in [0.1, 0.15) is 11.4 Å². The fourth-order valence-corrected chi connectivity index (χ4v) is 2.13. The van der Waals surface area contributed by atoms with Gasteiger partial charge in [0.1, 0.15) is 5.52 Å². The van der Waals surface area contributed by atoms with Crippen LogP contribution in [0.15, 0.2) is 22.7 Å². The molecule has 0 bridgehead atoms. The lowest BCUT2D eigenvalue weighted by molar-refractivity contribution is 0.194. The molecule has 0 fully saturated rings. The Balaban J connectivity index is 2.30. The Morgan fingerprint density at radius 1 is 1.44 bits per heavy atom. The smallest absolute Gasteiger partial charge is 0.404 e. The number of nitrogens with zero attached hydrogens (tertiary/aromatic N) is 2. The number of fused-ring (bicyclic) bond motifs is 1. The Kier molecular flexibility index (Phi) is 3.76. The van der Waals surface area contributed by atoms with Gasteiger partial charge in [0, 0.05) is 17.4 Å². The fraction of sp³-hybridized carbons (Fsp3) is 0.250. The van der Waals surface area contributed by atoms with Crippen molar-refractivity contribution in [3.05, 3.63) is 34.1 Å². The Bertz CT molecular complexity index is 601. The zero-order chi connectivity index (χ0) is 13.1. The number of rotatable bonds is 3. The molecule has 2 aromatic rings. The van der Waals surface area contributed by atoms with E-state index in [-0.39, 0.29) is 0 Å². The minimum absolute atomic E-state index is 0.334. The molecule has 2 rings (SSSR count). The Hall–Kier alpha value is -1.69. The Labute approximate surface area is 112 Å². The molecule has 0 spiro atoms. The van der Waals surface area contributed by atoms with Crippen molar-refractivity contribution in [2.45, 2.75) is 13.3 Å². The monoisotopic (exact) mass is 309 g/mol. The zero-order valence-corrected chi connectivity index (χ0v) is 11.4. The lowest BCUT2D eigenvalue weighted by Gasteiger charge is -2.07. The molecule has 0 atom stereocenters. The third-order valence-electron chi connectivity index (χ3n) is 2.56. The molecule has 0 saturated heterocycles. The van der Waals surface area contributed by atoms with Gasteiger partial charge in [-0.1, -0.05) is 6.07 Å². The molecule has 6 heteroatoms. The molecule has 0 radical (unpaired) electrons. The van der Waals surface area contributed by atoms with Crippen molar-refractivity contribution in [1.29, 1.82) is 0 Å². The minimum Gasteiger partial charge on any atom is -0.465 e. The van der Waals surface area contributed by atoms with Gasteiger partial charge in [-0.25, -0.2) is 14.8 Å².